The Hall–Kier alpha value is -3.36. The monoisotopic (exact) mass is 419 g/mol. The third-order valence-corrected chi connectivity index (χ3v) is 4.89. The van der Waals surface area contributed by atoms with Crippen LogP contribution in [0.25, 0.3) is 10.9 Å². The molecule has 0 saturated carbocycles. The summed E-state index contributed by atoms with van der Waals surface area (Å²) < 4.78 is 40.9. The van der Waals surface area contributed by atoms with Gasteiger partial charge < -0.3 is 5.32 Å². The van der Waals surface area contributed by atoms with Crippen LogP contribution in [-0.4, -0.2) is 15.0 Å². The van der Waals surface area contributed by atoms with Gasteiger partial charge in [0.1, 0.15) is 6.54 Å². The van der Waals surface area contributed by atoms with E-state index in [4.69, 9.17) is 0 Å². The fourth-order valence-electron chi connectivity index (χ4n) is 3.18. The maximum atomic E-state index is 13.0. The number of fused-ring (bicyclic) bond motifs is 1. The molecule has 9 heteroatoms. The lowest BCUT2D eigenvalue weighted by Gasteiger charge is -2.17. The zero-order valence-electron chi connectivity index (χ0n) is 16.4. The van der Waals surface area contributed by atoms with Crippen LogP contribution in [0.1, 0.15) is 31.9 Å². The first kappa shape index (κ1) is 21.4. The molecule has 0 fully saturated rings. The number of alkyl halides is 3. The average molecular weight is 419 g/mol. The standard InChI is InChI=1S/C21H20F3N3O3/c1-3-13(2)27-19(29)16-9-4-5-10-17(16)26(20(27)30)12-18(28)25-15-8-6-7-14(11-15)21(22,23)24/h4-11,13H,3,12H2,1-2H3,(H,25,28). The fourth-order valence-corrected chi connectivity index (χ4v) is 3.18. The number of halogens is 3. The molecule has 6 nitrogen and oxygen atoms in total. The van der Waals surface area contributed by atoms with Gasteiger partial charge in [0.15, 0.2) is 0 Å². The molecule has 1 N–H and O–H groups in total. The van der Waals surface area contributed by atoms with Gasteiger partial charge in [-0.15, -0.1) is 0 Å². The minimum Gasteiger partial charge on any atom is -0.325 e. The maximum absolute atomic E-state index is 13.0. The topological polar surface area (TPSA) is 73.1 Å². The first-order chi connectivity index (χ1) is 14.1. The Labute approximate surface area is 169 Å². The van der Waals surface area contributed by atoms with E-state index in [2.05, 4.69) is 5.32 Å². The molecule has 3 aromatic rings. The number of para-hydroxylation sites is 1. The van der Waals surface area contributed by atoms with Crippen LogP contribution >= 0.6 is 0 Å². The third kappa shape index (κ3) is 4.14. The van der Waals surface area contributed by atoms with E-state index in [0.29, 0.717) is 6.42 Å². The predicted molar refractivity (Wildman–Crippen MR) is 108 cm³/mol. The van der Waals surface area contributed by atoms with Crippen LogP contribution in [0, 0.1) is 0 Å². The van der Waals surface area contributed by atoms with Gasteiger partial charge in [0.2, 0.25) is 5.91 Å². The molecule has 1 heterocycles. The summed E-state index contributed by atoms with van der Waals surface area (Å²) in [4.78, 5) is 38.3. The molecular weight excluding hydrogens is 399 g/mol. The number of anilines is 1. The summed E-state index contributed by atoms with van der Waals surface area (Å²) in [7, 11) is 0. The highest BCUT2D eigenvalue weighted by molar-refractivity contribution is 5.91. The van der Waals surface area contributed by atoms with Crippen molar-refractivity contribution < 1.29 is 18.0 Å². The number of amides is 1. The van der Waals surface area contributed by atoms with E-state index < -0.39 is 35.4 Å². The second kappa shape index (κ2) is 8.17. The number of rotatable bonds is 5. The molecule has 0 spiro atoms. The fraction of sp³-hybridized carbons (Fsp3) is 0.286. The highest BCUT2D eigenvalue weighted by Gasteiger charge is 2.30. The molecule has 30 heavy (non-hydrogen) atoms. The molecule has 2 aromatic carbocycles. The average Bonchev–Trinajstić information content (AvgIpc) is 2.70. The summed E-state index contributed by atoms with van der Waals surface area (Å²) in [5.74, 6) is -0.684. The van der Waals surface area contributed by atoms with E-state index in [1.165, 1.54) is 12.1 Å². The van der Waals surface area contributed by atoms with Gasteiger partial charge in [-0.1, -0.05) is 25.1 Å². The summed E-state index contributed by atoms with van der Waals surface area (Å²) in [5, 5.41) is 2.67. The SMILES string of the molecule is CCC(C)n1c(=O)c2ccccc2n(CC(=O)Nc2cccc(C(F)(F)F)c2)c1=O. The summed E-state index contributed by atoms with van der Waals surface area (Å²) in [6.07, 6.45) is -4.01. The van der Waals surface area contributed by atoms with Crippen LogP contribution < -0.4 is 16.6 Å². The molecule has 0 aliphatic rings. The van der Waals surface area contributed by atoms with Crippen molar-refractivity contribution in [2.24, 2.45) is 0 Å². The first-order valence-corrected chi connectivity index (χ1v) is 9.34. The minimum absolute atomic E-state index is 0.0394. The first-order valence-electron chi connectivity index (χ1n) is 9.34. The lowest BCUT2D eigenvalue weighted by atomic mass is 10.2. The molecule has 158 valence electrons. The summed E-state index contributed by atoms with van der Waals surface area (Å²) in [5.41, 5.74) is -1.74. The number of hydrogen-bond acceptors (Lipinski definition) is 3. The van der Waals surface area contributed by atoms with Crippen LogP contribution in [0.3, 0.4) is 0 Å². The Morgan fingerprint density at radius 2 is 1.80 bits per heavy atom. The van der Waals surface area contributed by atoms with E-state index in [-0.39, 0.29) is 22.6 Å². The molecule has 0 aliphatic carbocycles. The van der Waals surface area contributed by atoms with E-state index in [0.717, 1.165) is 21.3 Å². The molecule has 0 radical (unpaired) electrons. The van der Waals surface area contributed by atoms with Crippen molar-refractivity contribution in [2.45, 2.75) is 39.0 Å². The third-order valence-electron chi connectivity index (χ3n) is 4.89. The Balaban J connectivity index is 2.01. The number of benzene rings is 2. The highest BCUT2D eigenvalue weighted by Crippen LogP contribution is 2.30. The Bertz CT molecular complexity index is 1210. The van der Waals surface area contributed by atoms with E-state index in [9.17, 15) is 27.6 Å². The van der Waals surface area contributed by atoms with Crippen molar-refractivity contribution in [1.29, 1.82) is 0 Å². The van der Waals surface area contributed by atoms with Crippen molar-refractivity contribution in [3.05, 3.63) is 74.9 Å². The number of aromatic nitrogens is 2. The van der Waals surface area contributed by atoms with Gasteiger partial charge in [-0.3, -0.25) is 18.7 Å². The zero-order valence-corrected chi connectivity index (χ0v) is 16.4. The zero-order chi connectivity index (χ0) is 22.1. The van der Waals surface area contributed by atoms with E-state index >= 15 is 0 Å². The van der Waals surface area contributed by atoms with Crippen LogP contribution in [-0.2, 0) is 17.5 Å². The molecule has 1 amide bonds. The maximum Gasteiger partial charge on any atom is 0.416 e. The van der Waals surface area contributed by atoms with Crippen molar-refractivity contribution >= 4 is 22.5 Å². The number of hydrogen-bond donors (Lipinski definition) is 1. The number of carbonyl (C=O) groups excluding carboxylic acids is 1. The van der Waals surface area contributed by atoms with Crippen molar-refractivity contribution in [3.63, 3.8) is 0 Å². The summed E-state index contributed by atoms with van der Waals surface area (Å²) >= 11 is 0. The largest absolute Gasteiger partial charge is 0.416 e. The van der Waals surface area contributed by atoms with Crippen molar-refractivity contribution in [1.82, 2.24) is 9.13 Å². The van der Waals surface area contributed by atoms with Crippen LogP contribution in [0.5, 0.6) is 0 Å². The normalized spacial score (nSPS) is 12.7. The lowest BCUT2D eigenvalue weighted by Crippen LogP contribution is -2.43. The second-order valence-electron chi connectivity index (χ2n) is 6.95. The van der Waals surface area contributed by atoms with Gasteiger partial charge >= 0.3 is 11.9 Å². The second-order valence-corrected chi connectivity index (χ2v) is 6.95. The van der Waals surface area contributed by atoms with Gasteiger partial charge in [0.25, 0.3) is 5.56 Å². The van der Waals surface area contributed by atoms with Crippen LogP contribution in [0.4, 0.5) is 18.9 Å². The highest BCUT2D eigenvalue weighted by atomic mass is 19.4. The molecule has 3 rings (SSSR count). The molecular formula is C21H20F3N3O3. The molecule has 1 aromatic heterocycles. The smallest absolute Gasteiger partial charge is 0.325 e. The van der Waals surface area contributed by atoms with Crippen LogP contribution in [0.2, 0.25) is 0 Å². The Morgan fingerprint density at radius 3 is 2.47 bits per heavy atom. The lowest BCUT2D eigenvalue weighted by molar-refractivity contribution is -0.137. The van der Waals surface area contributed by atoms with E-state index in [1.807, 2.05) is 6.92 Å². The Morgan fingerprint density at radius 1 is 1.10 bits per heavy atom. The predicted octanol–water partition coefficient (Wildman–Crippen LogP) is 3.79. The van der Waals surface area contributed by atoms with Crippen LogP contribution in [0.15, 0.2) is 58.1 Å². The van der Waals surface area contributed by atoms with Gasteiger partial charge in [0.05, 0.1) is 16.5 Å². The Kier molecular flexibility index (Phi) is 5.82. The molecule has 0 aliphatic heterocycles. The number of carbonyl (C=O) groups is 1. The summed E-state index contributed by atoms with van der Waals surface area (Å²) in [6, 6.07) is 10.3. The molecule has 0 saturated heterocycles. The molecule has 1 unspecified atom stereocenters. The van der Waals surface area contributed by atoms with Gasteiger partial charge in [-0.2, -0.15) is 13.2 Å². The number of nitrogens with one attached hydrogen (secondary N) is 1. The minimum atomic E-state index is -4.54. The van der Waals surface area contributed by atoms with Crippen molar-refractivity contribution in [3.8, 4) is 0 Å². The van der Waals surface area contributed by atoms with Gasteiger partial charge in [0, 0.05) is 11.7 Å². The molecule has 1 atom stereocenters. The quantitative estimate of drug-likeness (QED) is 0.684. The van der Waals surface area contributed by atoms with Gasteiger partial charge in [-0.25, -0.2) is 4.79 Å². The van der Waals surface area contributed by atoms with E-state index in [1.54, 1.807) is 31.2 Å². The summed E-state index contributed by atoms with van der Waals surface area (Å²) in [6.45, 7) is 3.10. The van der Waals surface area contributed by atoms with Crippen molar-refractivity contribution in [2.75, 3.05) is 5.32 Å². The number of nitrogens with zero attached hydrogens (tertiary/aromatic N) is 2. The van der Waals surface area contributed by atoms with Gasteiger partial charge in [-0.05, 0) is 43.7 Å². The molecule has 0 bridgehead atoms.